The fraction of sp³-hybridized carbons (Fsp3) is 0.0714. The standard InChI is InChI=1S/C14H13N3S/c1-3-13(15-10-12-5-8-18-11-12)9-14(4-1)17-7-2-6-16-17/h1-9,11,15H,10H2. The smallest absolute Gasteiger partial charge is 0.0666 e. The van der Waals surface area contributed by atoms with Crippen molar-refractivity contribution < 1.29 is 0 Å². The lowest BCUT2D eigenvalue weighted by atomic mass is 10.2. The van der Waals surface area contributed by atoms with E-state index in [4.69, 9.17) is 0 Å². The van der Waals surface area contributed by atoms with E-state index in [2.05, 4.69) is 39.4 Å². The Kier molecular flexibility index (Phi) is 3.10. The van der Waals surface area contributed by atoms with Gasteiger partial charge in [0.25, 0.3) is 0 Å². The van der Waals surface area contributed by atoms with Crippen LogP contribution in [-0.4, -0.2) is 9.78 Å². The van der Waals surface area contributed by atoms with Crippen molar-refractivity contribution in [3.63, 3.8) is 0 Å². The molecular weight excluding hydrogens is 242 g/mol. The number of aromatic nitrogens is 2. The van der Waals surface area contributed by atoms with Crippen molar-refractivity contribution in [3.8, 4) is 5.69 Å². The minimum Gasteiger partial charge on any atom is -0.381 e. The second kappa shape index (κ2) is 5.06. The fourth-order valence-electron chi connectivity index (χ4n) is 1.78. The van der Waals surface area contributed by atoms with Gasteiger partial charge in [0.1, 0.15) is 0 Å². The van der Waals surface area contributed by atoms with Crippen molar-refractivity contribution in [2.45, 2.75) is 6.54 Å². The van der Waals surface area contributed by atoms with E-state index in [1.165, 1.54) is 5.56 Å². The summed E-state index contributed by atoms with van der Waals surface area (Å²) in [6.07, 6.45) is 3.73. The summed E-state index contributed by atoms with van der Waals surface area (Å²) in [6.45, 7) is 0.853. The highest BCUT2D eigenvalue weighted by atomic mass is 32.1. The van der Waals surface area contributed by atoms with Gasteiger partial charge < -0.3 is 5.32 Å². The predicted octanol–water partition coefficient (Wildman–Crippen LogP) is 3.55. The molecule has 4 heteroatoms. The van der Waals surface area contributed by atoms with Gasteiger partial charge in [0.2, 0.25) is 0 Å². The van der Waals surface area contributed by atoms with Crippen molar-refractivity contribution in [1.29, 1.82) is 0 Å². The zero-order chi connectivity index (χ0) is 12.2. The summed E-state index contributed by atoms with van der Waals surface area (Å²) >= 11 is 1.72. The lowest BCUT2D eigenvalue weighted by molar-refractivity contribution is 0.880. The molecule has 0 saturated carbocycles. The molecule has 1 aromatic carbocycles. The predicted molar refractivity (Wildman–Crippen MR) is 75.2 cm³/mol. The van der Waals surface area contributed by atoms with E-state index in [1.807, 2.05) is 29.1 Å². The third-order valence-corrected chi connectivity index (χ3v) is 3.42. The Morgan fingerprint density at radius 3 is 3.00 bits per heavy atom. The Balaban J connectivity index is 1.75. The molecule has 0 radical (unpaired) electrons. The molecule has 3 rings (SSSR count). The number of anilines is 1. The number of hydrogen-bond acceptors (Lipinski definition) is 3. The molecule has 18 heavy (non-hydrogen) atoms. The van der Waals surface area contributed by atoms with Crippen LogP contribution < -0.4 is 5.32 Å². The number of nitrogens with one attached hydrogen (secondary N) is 1. The monoisotopic (exact) mass is 255 g/mol. The minimum atomic E-state index is 0.853. The Morgan fingerprint density at radius 2 is 2.22 bits per heavy atom. The Morgan fingerprint density at radius 1 is 1.22 bits per heavy atom. The molecule has 0 amide bonds. The van der Waals surface area contributed by atoms with E-state index in [0.29, 0.717) is 0 Å². The Bertz CT molecular complexity index is 600. The molecular formula is C14H13N3S. The van der Waals surface area contributed by atoms with Crippen LogP contribution in [0, 0.1) is 0 Å². The topological polar surface area (TPSA) is 29.9 Å². The molecule has 0 bridgehead atoms. The molecule has 0 saturated heterocycles. The molecule has 2 aromatic heterocycles. The zero-order valence-corrected chi connectivity index (χ0v) is 10.6. The molecule has 0 spiro atoms. The Hall–Kier alpha value is -2.07. The van der Waals surface area contributed by atoms with Crippen molar-refractivity contribution in [2.75, 3.05) is 5.32 Å². The fourth-order valence-corrected chi connectivity index (χ4v) is 2.45. The molecule has 0 aliphatic rings. The van der Waals surface area contributed by atoms with E-state index < -0.39 is 0 Å². The van der Waals surface area contributed by atoms with E-state index in [0.717, 1.165) is 17.9 Å². The molecule has 1 N–H and O–H groups in total. The van der Waals surface area contributed by atoms with E-state index in [1.54, 1.807) is 17.5 Å². The van der Waals surface area contributed by atoms with Gasteiger partial charge in [-0.25, -0.2) is 4.68 Å². The van der Waals surface area contributed by atoms with Gasteiger partial charge in [-0.15, -0.1) is 0 Å². The van der Waals surface area contributed by atoms with Crippen LogP contribution in [-0.2, 0) is 6.54 Å². The molecule has 0 aliphatic carbocycles. The highest BCUT2D eigenvalue weighted by Crippen LogP contribution is 2.15. The van der Waals surface area contributed by atoms with Gasteiger partial charge in [-0.1, -0.05) is 6.07 Å². The molecule has 0 atom stereocenters. The first-order valence-electron chi connectivity index (χ1n) is 5.77. The van der Waals surface area contributed by atoms with Crippen LogP contribution in [0.5, 0.6) is 0 Å². The second-order valence-corrected chi connectivity index (χ2v) is 4.77. The quantitative estimate of drug-likeness (QED) is 0.772. The van der Waals surface area contributed by atoms with Gasteiger partial charge in [-0.05, 0) is 46.7 Å². The molecule has 90 valence electrons. The normalized spacial score (nSPS) is 10.4. The van der Waals surface area contributed by atoms with Crippen molar-refractivity contribution >= 4 is 17.0 Å². The highest BCUT2D eigenvalue weighted by Gasteiger charge is 1.98. The maximum absolute atomic E-state index is 4.23. The van der Waals surface area contributed by atoms with E-state index in [9.17, 15) is 0 Å². The van der Waals surface area contributed by atoms with Crippen LogP contribution in [0.2, 0.25) is 0 Å². The largest absolute Gasteiger partial charge is 0.381 e. The second-order valence-electron chi connectivity index (χ2n) is 3.99. The zero-order valence-electron chi connectivity index (χ0n) is 9.78. The van der Waals surface area contributed by atoms with Crippen LogP contribution in [0.25, 0.3) is 5.69 Å². The summed E-state index contributed by atoms with van der Waals surface area (Å²) in [7, 11) is 0. The molecule has 3 aromatic rings. The average Bonchev–Trinajstić information content (AvgIpc) is 3.10. The summed E-state index contributed by atoms with van der Waals surface area (Å²) in [6, 6.07) is 12.3. The third kappa shape index (κ3) is 2.43. The van der Waals surface area contributed by atoms with Gasteiger partial charge in [0, 0.05) is 24.6 Å². The summed E-state index contributed by atoms with van der Waals surface area (Å²) in [5, 5.41) is 11.9. The van der Waals surface area contributed by atoms with Gasteiger partial charge in [-0.2, -0.15) is 16.4 Å². The summed E-state index contributed by atoms with van der Waals surface area (Å²) in [5.41, 5.74) is 3.48. The molecule has 0 fully saturated rings. The first-order valence-corrected chi connectivity index (χ1v) is 6.71. The van der Waals surface area contributed by atoms with Gasteiger partial charge >= 0.3 is 0 Å². The number of rotatable bonds is 4. The van der Waals surface area contributed by atoms with Crippen LogP contribution >= 0.6 is 11.3 Å². The maximum Gasteiger partial charge on any atom is 0.0666 e. The van der Waals surface area contributed by atoms with Gasteiger partial charge in [0.05, 0.1) is 5.69 Å². The highest BCUT2D eigenvalue weighted by molar-refractivity contribution is 7.07. The summed E-state index contributed by atoms with van der Waals surface area (Å²) in [5.74, 6) is 0. The molecule has 2 heterocycles. The number of nitrogens with zero attached hydrogens (tertiary/aromatic N) is 2. The third-order valence-electron chi connectivity index (χ3n) is 2.69. The van der Waals surface area contributed by atoms with Crippen LogP contribution in [0.3, 0.4) is 0 Å². The molecule has 3 nitrogen and oxygen atoms in total. The van der Waals surface area contributed by atoms with Crippen molar-refractivity contribution in [3.05, 3.63) is 65.1 Å². The van der Waals surface area contributed by atoms with Crippen molar-refractivity contribution in [2.24, 2.45) is 0 Å². The van der Waals surface area contributed by atoms with Gasteiger partial charge in [0.15, 0.2) is 0 Å². The maximum atomic E-state index is 4.23. The summed E-state index contributed by atoms with van der Waals surface area (Å²) < 4.78 is 1.86. The first-order chi connectivity index (χ1) is 8.92. The number of thiophene rings is 1. The average molecular weight is 255 g/mol. The number of benzene rings is 1. The van der Waals surface area contributed by atoms with E-state index in [-0.39, 0.29) is 0 Å². The minimum absolute atomic E-state index is 0.853. The SMILES string of the molecule is c1cc(NCc2ccsc2)cc(-n2cccn2)c1. The van der Waals surface area contributed by atoms with Crippen LogP contribution in [0.4, 0.5) is 5.69 Å². The van der Waals surface area contributed by atoms with Crippen LogP contribution in [0.15, 0.2) is 59.6 Å². The first kappa shape index (κ1) is 11.0. The van der Waals surface area contributed by atoms with Crippen LogP contribution in [0.1, 0.15) is 5.56 Å². The van der Waals surface area contributed by atoms with Crippen molar-refractivity contribution in [1.82, 2.24) is 9.78 Å². The molecule has 0 aliphatic heterocycles. The number of hydrogen-bond donors (Lipinski definition) is 1. The molecule has 0 unspecified atom stereocenters. The lowest BCUT2D eigenvalue weighted by Crippen LogP contribution is -2.00. The van der Waals surface area contributed by atoms with E-state index >= 15 is 0 Å². The Labute approximate surface area is 110 Å². The van der Waals surface area contributed by atoms with Gasteiger partial charge in [-0.3, -0.25) is 0 Å². The lowest BCUT2D eigenvalue weighted by Gasteiger charge is -2.07. The summed E-state index contributed by atoms with van der Waals surface area (Å²) in [4.78, 5) is 0.